The lowest BCUT2D eigenvalue weighted by Crippen LogP contribution is -2.35. The fourth-order valence-corrected chi connectivity index (χ4v) is 0.953. The molecule has 1 aromatic heterocycles. The van der Waals surface area contributed by atoms with Crippen LogP contribution in [0.1, 0.15) is 13.3 Å². The number of carbonyl (C=O) groups excluding carboxylic acids is 1. The molecule has 0 fully saturated rings. The summed E-state index contributed by atoms with van der Waals surface area (Å²) >= 11 is 5.61. The van der Waals surface area contributed by atoms with Gasteiger partial charge in [0, 0.05) is 6.07 Å². The molecule has 0 aromatic carbocycles. The van der Waals surface area contributed by atoms with Crippen molar-refractivity contribution >= 4 is 23.3 Å². The second kappa shape index (κ2) is 4.88. The van der Waals surface area contributed by atoms with Crippen LogP contribution in [0.15, 0.2) is 12.4 Å². The first-order valence-electron chi connectivity index (χ1n) is 4.17. The second-order valence-electron chi connectivity index (χ2n) is 2.73. The quantitative estimate of drug-likeness (QED) is 0.730. The molecule has 1 aromatic rings. The molecule has 0 saturated heterocycles. The lowest BCUT2D eigenvalue weighted by atomic mass is 10.2. The second-order valence-corrected chi connectivity index (χ2v) is 3.12. The minimum absolute atomic E-state index is 0.276. The predicted molar refractivity (Wildman–Crippen MR) is 53.9 cm³/mol. The maximum absolute atomic E-state index is 11.3. The Labute approximate surface area is 86.7 Å². The van der Waals surface area contributed by atoms with Crippen LogP contribution in [0.3, 0.4) is 0 Å². The van der Waals surface area contributed by atoms with Crippen molar-refractivity contribution < 1.29 is 4.79 Å². The van der Waals surface area contributed by atoms with Crippen LogP contribution in [0.5, 0.6) is 0 Å². The average molecular weight is 215 g/mol. The zero-order valence-electron chi connectivity index (χ0n) is 7.70. The number of halogens is 1. The van der Waals surface area contributed by atoms with Gasteiger partial charge in [0.2, 0.25) is 5.91 Å². The monoisotopic (exact) mass is 214 g/mol. The van der Waals surface area contributed by atoms with Crippen LogP contribution in [0.4, 0.5) is 5.82 Å². The Hall–Kier alpha value is -1.20. The third-order valence-electron chi connectivity index (χ3n) is 1.66. The highest BCUT2D eigenvalue weighted by molar-refractivity contribution is 6.29. The summed E-state index contributed by atoms with van der Waals surface area (Å²) in [5.74, 6) is 0.0844. The first-order chi connectivity index (χ1) is 6.63. The topological polar surface area (TPSA) is 80.9 Å². The SMILES string of the molecule is CCC(N)C(=O)Nc1cc(Cl)ncn1. The summed E-state index contributed by atoms with van der Waals surface area (Å²) in [6.45, 7) is 1.83. The van der Waals surface area contributed by atoms with Gasteiger partial charge in [-0.3, -0.25) is 4.79 Å². The molecule has 0 saturated carbocycles. The van der Waals surface area contributed by atoms with E-state index < -0.39 is 6.04 Å². The van der Waals surface area contributed by atoms with Gasteiger partial charge in [0.25, 0.3) is 0 Å². The van der Waals surface area contributed by atoms with E-state index in [0.717, 1.165) is 0 Å². The number of nitrogens with zero attached hydrogens (tertiary/aromatic N) is 2. The molecule has 0 aliphatic carbocycles. The molecule has 3 N–H and O–H groups in total. The summed E-state index contributed by atoms with van der Waals surface area (Å²) in [7, 11) is 0. The van der Waals surface area contributed by atoms with E-state index in [-0.39, 0.29) is 11.1 Å². The molecule has 1 unspecified atom stereocenters. The molecular formula is C8H11ClN4O. The number of hydrogen-bond acceptors (Lipinski definition) is 4. The summed E-state index contributed by atoms with van der Waals surface area (Å²) in [6, 6.07) is 0.936. The minimum atomic E-state index is -0.524. The molecule has 5 nitrogen and oxygen atoms in total. The number of hydrogen-bond donors (Lipinski definition) is 2. The molecule has 1 heterocycles. The molecule has 0 aliphatic heterocycles. The van der Waals surface area contributed by atoms with Gasteiger partial charge in [-0.1, -0.05) is 18.5 Å². The molecule has 6 heteroatoms. The summed E-state index contributed by atoms with van der Waals surface area (Å²) < 4.78 is 0. The number of nitrogens with one attached hydrogen (secondary N) is 1. The number of aromatic nitrogens is 2. The number of carbonyl (C=O) groups is 1. The van der Waals surface area contributed by atoms with E-state index in [1.165, 1.54) is 12.4 Å². The van der Waals surface area contributed by atoms with Crippen molar-refractivity contribution in [2.24, 2.45) is 5.73 Å². The molecule has 0 bridgehead atoms. The smallest absolute Gasteiger partial charge is 0.242 e. The third kappa shape index (κ3) is 2.93. The molecule has 0 radical (unpaired) electrons. The van der Waals surface area contributed by atoms with Gasteiger partial charge in [-0.05, 0) is 6.42 Å². The summed E-state index contributed by atoms with van der Waals surface area (Å²) in [4.78, 5) is 18.8. The van der Waals surface area contributed by atoms with Crippen LogP contribution in [0, 0.1) is 0 Å². The van der Waals surface area contributed by atoms with Gasteiger partial charge >= 0.3 is 0 Å². The lowest BCUT2D eigenvalue weighted by Gasteiger charge is -2.08. The van der Waals surface area contributed by atoms with Gasteiger partial charge in [-0.2, -0.15) is 0 Å². The predicted octanol–water partition coefficient (Wildman–Crippen LogP) is 0.806. The Morgan fingerprint density at radius 3 is 3.00 bits per heavy atom. The molecule has 14 heavy (non-hydrogen) atoms. The van der Waals surface area contributed by atoms with Gasteiger partial charge in [0.1, 0.15) is 17.3 Å². The fraction of sp³-hybridized carbons (Fsp3) is 0.375. The van der Waals surface area contributed by atoms with Gasteiger partial charge in [0.15, 0.2) is 0 Å². The fourth-order valence-electron chi connectivity index (χ4n) is 0.806. The van der Waals surface area contributed by atoms with E-state index >= 15 is 0 Å². The summed E-state index contributed by atoms with van der Waals surface area (Å²) in [5, 5.41) is 2.81. The normalized spacial score (nSPS) is 12.2. The average Bonchev–Trinajstić information content (AvgIpc) is 2.16. The van der Waals surface area contributed by atoms with Gasteiger partial charge in [-0.15, -0.1) is 0 Å². The third-order valence-corrected chi connectivity index (χ3v) is 1.87. The summed E-state index contributed by atoms with van der Waals surface area (Å²) in [6.07, 6.45) is 1.85. The Bertz CT molecular complexity index is 331. The first-order valence-corrected chi connectivity index (χ1v) is 4.55. The van der Waals surface area contributed by atoms with Gasteiger partial charge in [-0.25, -0.2) is 9.97 Å². The van der Waals surface area contributed by atoms with Crippen LogP contribution in [-0.4, -0.2) is 21.9 Å². The highest BCUT2D eigenvalue weighted by Gasteiger charge is 2.11. The van der Waals surface area contributed by atoms with E-state index in [4.69, 9.17) is 17.3 Å². The van der Waals surface area contributed by atoms with E-state index in [2.05, 4.69) is 15.3 Å². The number of nitrogens with two attached hydrogens (primary N) is 1. The van der Waals surface area contributed by atoms with Crippen molar-refractivity contribution in [3.05, 3.63) is 17.5 Å². The minimum Gasteiger partial charge on any atom is -0.320 e. The molecule has 1 rings (SSSR count). The molecular weight excluding hydrogens is 204 g/mol. The number of anilines is 1. The Morgan fingerprint density at radius 2 is 2.43 bits per heavy atom. The molecule has 1 amide bonds. The van der Waals surface area contributed by atoms with Crippen LogP contribution in [0.2, 0.25) is 5.15 Å². The van der Waals surface area contributed by atoms with Crippen molar-refractivity contribution in [1.82, 2.24) is 9.97 Å². The highest BCUT2D eigenvalue weighted by Crippen LogP contribution is 2.08. The number of rotatable bonds is 3. The zero-order chi connectivity index (χ0) is 10.6. The van der Waals surface area contributed by atoms with Crippen LogP contribution in [-0.2, 0) is 4.79 Å². The molecule has 1 atom stereocenters. The zero-order valence-corrected chi connectivity index (χ0v) is 8.45. The van der Waals surface area contributed by atoms with E-state index in [0.29, 0.717) is 12.2 Å². The van der Waals surface area contributed by atoms with Gasteiger partial charge in [0.05, 0.1) is 6.04 Å². The summed E-state index contributed by atoms with van der Waals surface area (Å²) in [5.41, 5.74) is 5.51. The number of amides is 1. The maximum Gasteiger partial charge on any atom is 0.242 e. The van der Waals surface area contributed by atoms with Gasteiger partial charge < -0.3 is 11.1 Å². The van der Waals surface area contributed by atoms with Crippen LogP contribution >= 0.6 is 11.6 Å². The van der Waals surface area contributed by atoms with E-state index in [9.17, 15) is 4.79 Å². The van der Waals surface area contributed by atoms with Crippen molar-refractivity contribution in [3.8, 4) is 0 Å². The molecule has 76 valence electrons. The molecule has 0 spiro atoms. The Balaban J connectivity index is 2.65. The Morgan fingerprint density at radius 1 is 1.71 bits per heavy atom. The molecule has 0 aliphatic rings. The standard InChI is InChI=1S/C8H11ClN4O/c1-2-5(10)8(14)13-7-3-6(9)11-4-12-7/h3-5H,2,10H2,1H3,(H,11,12,13,14). The van der Waals surface area contributed by atoms with Crippen molar-refractivity contribution in [3.63, 3.8) is 0 Å². The first kappa shape index (κ1) is 10.9. The van der Waals surface area contributed by atoms with Crippen LogP contribution in [0.25, 0.3) is 0 Å². The Kier molecular flexibility index (Phi) is 3.79. The maximum atomic E-state index is 11.3. The van der Waals surface area contributed by atoms with Crippen molar-refractivity contribution in [2.45, 2.75) is 19.4 Å². The van der Waals surface area contributed by atoms with E-state index in [1.807, 2.05) is 6.92 Å². The van der Waals surface area contributed by atoms with Crippen molar-refractivity contribution in [2.75, 3.05) is 5.32 Å². The van der Waals surface area contributed by atoms with Crippen molar-refractivity contribution in [1.29, 1.82) is 0 Å². The largest absolute Gasteiger partial charge is 0.320 e. The van der Waals surface area contributed by atoms with E-state index in [1.54, 1.807) is 0 Å². The highest BCUT2D eigenvalue weighted by atomic mass is 35.5. The van der Waals surface area contributed by atoms with Crippen LogP contribution < -0.4 is 11.1 Å². The lowest BCUT2D eigenvalue weighted by molar-refractivity contribution is -0.117.